The van der Waals surface area contributed by atoms with E-state index in [2.05, 4.69) is 20.8 Å². The van der Waals surface area contributed by atoms with Crippen LogP contribution in [-0.4, -0.2) is 6.71 Å². The highest BCUT2D eigenvalue weighted by Gasteiger charge is 2.25. The lowest BCUT2D eigenvalue weighted by atomic mass is 9.34. The first-order chi connectivity index (χ1) is 10.2. The summed E-state index contributed by atoms with van der Waals surface area (Å²) in [5, 5.41) is 0. The molecule has 0 aliphatic heterocycles. The van der Waals surface area contributed by atoms with Gasteiger partial charge in [0.25, 0.3) is 0 Å². The van der Waals surface area contributed by atoms with E-state index in [0.29, 0.717) is 5.82 Å². The van der Waals surface area contributed by atoms with Crippen LogP contribution in [0.1, 0.15) is 77.1 Å². The third-order valence-electron chi connectivity index (χ3n) is 4.59. The zero-order chi connectivity index (χ0) is 15.5. The number of halogens is 1. The normalized spacial score (nSPS) is 12.4. The van der Waals surface area contributed by atoms with Crippen LogP contribution >= 0.6 is 0 Å². The summed E-state index contributed by atoms with van der Waals surface area (Å²) in [6, 6.07) is 7.29. The van der Waals surface area contributed by atoms with Crippen LogP contribution in [0.15, 0.2) is 24.3 Å². The van der Waals surface area contributed by atoms with Crippen LogP contribution in [0.3, 0.4) is 0 Å². The van der Waals surface area contributed by atoms with Crippen molar-refractivity contribution in [3.05, 3.63) is 35.6 Å². The lowest BCUT2D eigenvalue weighted by Crippen LogP contribution is -2.24. The molecule has 0 nitrogen and oxygen atoms in total. The van der Waals surface area contributed by atoms with Crippen molar-refractivity contribution >= 4 is 6.71 Å². The summed E-state index contributed by atoms with van der Waals surface area (Å²) in [7, 11) is 0. The fraction of sp³-hybridized carbons (Fsp3) is 0.684. The van der Waals surface area contributed by atoms with Crippen molar-refractivity contribution in [1.29, 1.82) is 0 Å². The van der Waals surface area contributed by atoms with Crippen molar-refractivity contribution in [1.82, 2.24) is 0 Å². The quantitative estimate of drug-likeness (QED) is 0.396. The molecule has 0 radical (unpaired) electrons. The molecule has 0 aliphatic rings. The first-order valence-electron chi connectivity index (χ1n) is 8.98. The molecule has 0 spiro atoms. The highest BCUT2D eigenvalue weighted by Crippen LogP contribution is 2.31. The summed E-state index contributed by atoms with van der Waals surface area (Å²) in [5.41, 5.74) is 1.35. The van der Waals surface area contributed by atoms with Crippen molar-refractivity contribution in [2.24, 2.45) is 0 Å². The van der Waals surface area contributed by atoms with Crippen molar-refractivity contribution in [2.75, 3.05) is 0 Å². The van der Waals surface area contributed by atoms with E-state index in [0.717, 1.165) is 6.71 Å². The molecule has 0 saturated carbocycles. The van der Waals surface area contributed by atoms with Gasteiger partial charge in [-0.15, -0.1) is 0 Å². The standard InChI is InChI=1S/C19H32BF/c1-4-7-10-19(17-11-13-18(21)14-12-17)20(15-8-5-2)16-9-6-3/h11-14,19H,4-10,15-16H2,1-3H3/t19-/m0/s1. The first-order valence-corrected chi connectivity index (χ1v) is 8.98. The van der Waals surface area contributed by atoms with Gasteiger partial charge in [0.15, 0.2) is 0 Å². The van der Waals surface area contributed by atoms with Gasteiger partial charge >= 0.3 is 0 Å². The molecule has 0 unspecified atom stereocenters. The lowest BCUT2D eigenvalue weighted by Gasteiger charge is -2.25. The van der Waals surface area contributed by atoms with E-state index < -0.39 is 0 Å². The summed E-state index contributed by atoms with van der Waals surface area (Å²) in [5.74, 6) is 0.496. The summed E-state index contributed by atoms with van der Waals surface area (Å²) >= 11 is 0. The van der Waals surface area contributed by atoms with Gasteiger partial charge in [0.05, 0.1) is 0 Å². The van der Waals surface area contributed by atoms with Crippen LogP contribution in [0.4, 0.5) is 4.39 Å². The molecule has 0 saturated heterocycles. The van der Waals surface area contributed by atoms with Gasteiger partial charge in [0, 0.05) is 0 Å². The van der Waals surface area contributed by atoms with Gasteiger partial charge in [-0.1, -0.05) is 96.1 Å². The van der Waals surface area contributed by atoms with E-state index in [4.69, 9.17) is 0 Å². The molecule has 0 aliphatic carbocycles. The minimum Gasteiger partial charge on any atom is -0.207 e. The maximum absolute atomic E-state index is 13.2. The topological polar surface area (TPSA) is 0 Å². The van der Waals surface area contributed by atoms with E-state index in [1.54, 1.807) is 12.1 Å². The Kier molecular flexibility index (Phi) is 9.46. The van der Waals surface area contributed by atoms with E-state index in [9.17, 15) is 4.39 Å². The van der Waals surface area contributed by atoms with E-state index >= 15 is 0 Å². The molecule has 118 valence electrons. The number of benzene rings is 1. The maximum atomic E-state index is 13.2. The molecule has 21 heavy (non-hydrogen) atoms. The molecule has 0 amide bonds. The van der Waals surface area contributed by atoms with Gasteiger partial charge in [-0.05, 0) is 17.9 Å². The van der Waals surface area contributed by atoms with Crippen LogP contribution in [0.25, 0.3) is 0 Å². The predicted molar refractivity (Wildman–Crippen MR) is 93.9 cm³/mol. The lowest BCUT2D eigenvalue weighted by molar-refractivity contribution is 0.624. The minimum atomic E-state index is -0.119. The molecule has 0 N–H and O–H groups in total. The van der Waals surface area contributed by atoms with Gasteiger partial charge in [-0.25, -0.2) is 4.39 Å². The SMILES string of the molecule is CCCCB(CCCC)[C@@H](CCCC)c1ccc(F)cc1. The van der Waals surface area contributed by atoms with E-state index in [-0.39, 0.29) is 5.82 Å². The smallest absolute Gasteiger partial charge is 0.148 e. The number of hydrogen-bond donors (Lipinski definition) is 0. The van der Waals surface area contributed by atoms with Gasteiger partial charge in [0.1, 0.15) is 12.5 Å². The molecule has 0 heterocycles. The van der Waals surface area contributed by atoms with Crippen LogP contribution in [0, 0.1) is 5.82 Å². The molecule has 1 rings (SSSR count). The number of rotatable bonds is 11. The molecule has 1 atom stereocenters. The second-order valence-electron chi connectivity index (χ2n) is 6.34. The molecule has 1 aromatic rings. The number of unbranched alkanes of at least 4 members (excludes halogenated alkanes) is 3. The summed E-state index contributed by atoms with van der Waals surface area (Å²) < 4.78 is 13.2. The van der Waals surface area contributed by atoms with E-state index in [1.165, 1.54) is 63.1 Å². The second kappa shape index (κ2) is 10.9. The zero-order valence-electron chi connectivity index (χ0n) is 14.2. The fourth-order valence-corrected chi connectivity index (χ4v) is 3.29. The highest BCUT2D eigenvalue weighted by atomic mass is 19.1. The Balaban J connectivity index is 2.85. The van der Waals surface area contributed by atoms with Crippen LogP contribution in [0.5, 0.6) is 0 Å². The molecule has 0 fully saturated rings. The largest absolute Gasteiger partial charge is 0.207 e. The maximum Gasteiger partial charge on any atom is 0.148 e. The molecule has 0 bridgehead atoms. The molecular formula is C19H32BF. The Morgan fingerprint density at radius 3 is 1.86 bits per heavy atom. The third-order valence-corrected chi connectivity index (χ3v) is 4.59. The Morgan fingerprint density at radius 2 is 1.38 bits per heavy atom. The average molecular weight is 290 g/mol. The predicted octanol–water partition coefficient (Wildman–Crippen LogP) is 6.73. The molecular weight excluding hydrogens is 258 g/mol. The monoisotopic (exact) mass is 290 g/mol. The van der Waals surface area contributed by atoms with Gasteiger partial charge < -0.3 is 0 Å². The van der Waals surface area contributed by atoms with Crippen molar-refractivity contribution in [3.63, 3.8) is 0 Å². The third kappa shape index (κ3) is 6.67. The van der Waals surface area contributed by atoms with Gasteiger partial charge in [-0.3, -0.25) is 0 Å². The van der Waals surface area contributed by atoms with Crippen molar-refractivity contribution in [2.45, 2.75) is 84.2 Å². The Bertz CT molecular complexity index is 352. The van der Waals surface area contributed by atoms with Crippen molar-refractivity contribution in [3.8, 4) is 0 Å². The van der Waals surface area contributed by atoms with Gasteiger partial charge in [-0.2, -0.15) is 0 Å². The summed E-state index contributed by atoms with van der Waals surface area (Å²) in [6.45, 7) is 7.57. The Morgan fingerprint density at radius 1 is 0.857 bits per heavy atom. The van der Waals surface area contributed by atoms with E-state index in [1.807, 2.05) is 12.1 Å². The number of hydrogen-bond acceptors (Lipinski definition) is 0. The van der Waals surface area contributed by atoms with Crippen LogP contribution < -0.4 is 0 Å². The van der Waals surface area contributed by atoms with Gasteiger partial charge in [0.2, 0.25) is 0 Å². The Hall–Kier alpha value is -0.785. The first kappa shape index (κ1) is 18.3. The second-order valence-corrected chi connectivity index (χ2v) is 6.34. The molecule has 0 aromatic heterocycles. The fourth-order valence-electron chi connectivity index (χ4n) is 3.29. The van der Waals surface area contributed by atoms with Crippen LogP contribution in [-0.2, 0) is 0 Å². The average Bonchev–Trinajstić information content (AvgIpc) is 2.50. The highest BCUT2D eigenvalue weighted by molar-refractivity contribution is 6.60. The van der Waals surface area contributed by atoms with Crippen LogP contribution in [0.2, 0.25) is 12.6 Å². The zero-order valence-corrected chi connectivity index (χ0v) is 14.2. The molecule has 1 aromatic carbocycles. The minimum absolute atomic E-state index is 0.119. The molecule has 2 heteroatoms. The Labute approximate surface area is 131 Å². The van der Waals surface area contributed by atoms with Crippen molar-refractivity contribution < 1.29 is 4.39 Å². The summed E-state index contributed by atoms with van der Waals surface area (Å²) in [4.78, 5) is 0. The summed E-state index contributed by atoms with van der Waals surface area (Å²) in [6.07, 6.45) is 11.6.